The highest BCUT2D eigenvalue weighted by Crippen LogP contribution is 2.22. The average molecular weight is 424 g/mol. The van der Waals surface area contributed by atoms with Crippen molar-refractivity contribution in [1.29, 1.82) is 0 Å². The minimum Gasteiger partial charge on any atom is -0.353 e. The number of aromatic nitrogens is 5. The van der Waals surface area contributed by atoms with Gasteiger partial charge in [-0.25, -0.2) is 4.39 Å². The van der Waals surface area contributed by atoms with Gasteiger partial charge in [-0.2, -0.15) is 4.52 Å². The normalized spacial score (nSPS) is 15.1. The molecule has 7 nitrogen and oxygen atoms in total. The van der Waals surface area contributed by atoms with Crippen LogP contribution in [-0.4, -0.2) is 55.9 Å². The predicted molar refractivity (Wildman–Crippen MR) is 113 cm³/mol. The van der Waals surface area contributed by atoms with E-state index in [1.807, 2.05) is 24.3 Å². The van der Waals surface area contributed by atoms with Gasteiger partial charge in [-0.1, -0.05) is 23.7 Å². The van der Waals surface area contributed by atoms with E-state index < -0.39 is 0 Å². The molecular weight excluding hydrogens is 405 g/mol. The van der Waals surface area contributed by atoms with Crippen molar-refractivity contribution in [2.75, 3.05) is 31.1 Å². The first-order valence-corrected chi connectivity index (χ1v) is 10.1. The molecule has 0 radical (unpaired) electrons. The standard InChI is InChI=1S/C21H19ClFN7/c22-15-5-6-16(24-13-15)14-28-9-11-29(12-10-28)20-8-7-19-25-26-21(30(19)27-20)17-3-1-2-4-18(17)23/h1-8,13H,9-12,14H2. The molecule has 0 amide bonds. The Balaban J connectivity index is 1.33. The van der Waals surface area contributed by atoms with E-state index in [0.717, 1.165) is 44.2 Å². The van der Waals surface area contributed by atoms with Gasteiger partial charge in [0.05, 0.1) is 16.3 Å². The molecule has 1 aromatic carbocycles. The first kappa shape index (κ1) is 18.9. The SMILES string of the molecule is Fc1ccccc1-c1nnc2ccc(N3CCN(Cc4ccc(Cl)cn4)CC3)nn12. The van der Waals surface area contributed by atoms with Crippen molar-refractivity contribution < 1.29 is 4.39 Å². The maximum absolute atomic E-state index is 14.2. The number of piperazine rings is 1. The van der Waals surface area contributed by atoms with Crippen molar-refractivity contribution in [2.45, 2.75) is 6.54 Å². The Labute approximate surface area is 177 Å². The summed E-state index contributed by atoms with van der Waals surface area (Å²) in [6, 6.07) is 14.2. The third kappa shape index (κ3) is 3.71. The van der Waals surface area contributed by atoms with Crippen LogP contribution in [0.25, 0.3) is 17.0 Å². The number of halogens is 2. The first-order chi connectivity index (χ1) is 14.7. The van der Waals surface area contributed by atoms with E-state index in [2.05, 4.69) is 25.0 Å². The lowest BCUT2D eigenvalue weighted by atomic mass is 10.2. The van der Waals surface area contributed by atoms with Gasteiger partial charge in [0.1, 0.15) is 11.6 Å². The van der Waals surface area contributed by atoms with Gasteiger partial charge in [0.25, 0.3) is 0 Å². The van der Waals surface area contributed by atoms with Crippen LogP contribution in [0, 0.1) is 5.82 Å². The summed E-state index contributed by atoms with van der Waals surface area (Å²) >= 11 is 5.91. The molecule has 1 fully saturated rings. The molecule has 0 aliphatic carbocycles. The summed E-state index contributed by atoms with van der Waals surface area (Å²) in [5.74, 6) is 0.880. The molecule has 1 aliphatic heterocycles. The molecule has 4 heterocycles. The van der Waals surface area contributed by atoms with E-state index in [9.17, 15) is 4.39 Å². The van der Waals surface area contributed by atoms with Gasteiger partial charge in [-0.3, -0.25) is 9.88 Å². The number of hydrogen-bond donors (Lipinski definition) is 0. The van der Waals surface area contributed by atoms with Crippen molar-refractivity contribution in [1.82, 2.24) is 29.7 Å². The van der Waals surface area contributed by atoms with Crippen LogP contribution in [-0.2, 0) is 6.54 Å². The lowest BCUT2D eigenvalue weighted by molar-refractivity contribution is 0.246. The summed E-state index contributed by atoms with van der Waals surface area (Å²) in [6.45, 7) is 4.26. The number of benzene rings is 1. The highest BCUT2D eigenvalue weighted by atomic mass is 35.5. The van der Waals surface area contributed by atoms with Crippen LogP contribution in [0.3, 0.4) is 0 Å². The van der Waals surface area contributed by atoms with E-state index in [1.165, 1.54) is 6.07 Å². The molecule has 3 aromatic heterocycles. The second-order valence-electron chi connectivity index (χ2n) is 7.20. The Kier molecular flexibility index (Phi) is 5.02. The summed E-state index contributed by atoms with van der Waals surface area (Å²) < 4.78 is 15.9. The van der Waals surface area contributed by atoms with Gasteiger partial charge in [0.2, 0.25) is 0 Å². The van der Waals surface area contributed by atoms with Crippen molar-refractivity contribution in [3.05, 3.63) is 71.3 Å². The molecule has 152 valence electrons. The molecule has 0 N–H and O–H groups in total. The number of rotatable bonds is 4. The number of anilines is 1. The van der Waals surface area contributed by atoms with E-state index in [1.54, 1.807) is 28.9 Å². The van der Waals surface area contributed by atoms with Crippen LogP contribution < -0.4 is 4.90 Å². The van der Waals surface area contributed by atoms with E-state index in [0.29, 0.717) is 22.1 Å². The second kappa shape index (κ2) is 7.97. The molecule has 0 bridgehead atoms. The Hall–Kier alpha value is -3.10. The molecule has 1 saturated heterocycles. The van der Waals surface area contributed by atoms with Crippen molar-refractivity contribution in [3.63, 3.8) is 0 Å². The molecule has 0 unspecified atom stereocenters. The van der Waals surface area contributed by atoms with Gasteiger partial charge < -0.3 is 4.90 Å². The fraction of sp³-hybridized carbons (Fsp3) is 0.238. The summed E-state index contributed by atoms with van der Waals surface area (Å²) in [4.78, 5) is 8.95. The monoisotopic (exact) mass is 423 g/mol. The largest absolute Gasteiger partial charge is 0.353 e. The molecule has 0 atom stereocenters. The average Bonchev–Trinajstić information content (AvgIpc) is 3.19. The Morgan fingerprint density at radius 2 is 1.77 bits per heavy atom. The van der Waals surface area contributed by atoms with Crippen molar-refractivity contribution in [2.24, 2.45) is 0 Å². The number of hydrogen-bond acceptors (Lipinski definition) is 6. The maximum Gasteiger partial charge on any atom is 0.188 e. The zero-order valence-corrected chi connectivity index (χ0v) is 16.9. The highest BCUT2D eigenvalue weighted by Gasteiger charge is 2.20. The summed E-state index contributed by atoms with van der Waals surface area (Å²) in [5.41, 5.74) is 1.98. The third-order valence-corrected chi connectivity index (χ3v) is 5.46. The molecule has 5 rings (SSSR count). The molecule has 0 saturated carbocycles. The van der Waals surface area contributed by atoms with Crippen LogP contribution in [0.1, 0.15) is 5.69 Å². The molecule has 0 spiro atoms. The Morgan fingerprint density at radius 3 is 2.53 bits per heavy atom. The molecule has 4 aromatic rings. The second-order valence-corrected chi connectivity index (χ2v) is 7.63. The topological polar surface area (TPSA) is 62.5 Å². The minimum absolute atomic E-state index is 0.344. The molecular formula is C21H19ClFN7. The lowest BCUT2D eigenvalue weighted by Gasteiger charge is -2.35. The summed E-state index contributed by atoms with van der Waals surface area (Å²) in [5, 5.41) is 13.6. The van der Waals surface area contributed by atoms with E-state index in [-0.39, 0.29) is 5.82 Å². The van der Waals surface area contributed by atoms with Crippen LogP contribution in [0.5, 0.6) is 0 Å². The fourth-order valence-electron chi connectivity index (χ4n) is 3.62. The smallest absolute Gasteiger partial charge is 0.188 e. The molecule has 1 aliphatic rings. The third-order valence-electron chi connectivity index (χ3n) is 5.23. The van der Waals surface area contributed by atoms with Crippen LogP contribution in [0.2, 0.25) is 5.02 Å². The zero-order chi connectivity index (χ0) is 20.5. The summed E-state index contributed by atoms with van der Waals surface area (Å²) in [7, 11) is 0. The van der Waals surface area contributed by atoms with Gasteiger partial charge in [0, 0.05) is 38.9 Å². The molecule has 30 heavy (non-hydrogen) atoms. The van der Waals surface area contributed by atoms with Crippen LogP contribution in [0.15, 0.2) is 54.7 Å². The Morgan fingerprint density at radius 1 is 0.933 bits per heavy atom. The predicted octanol–water partition coefficient (Wildman–Crippen LogP) is 3.30. The van der Waals surface area contributed by atoms with Crippen molar-refractivity contribution in [3.8, 4) is 11.4 Å². The summed E-state index contributed by atoms with van der Waals surface area (Å²) in [6.07, 6.45) is 1.68. The van der Waals surface area contributed by atoms with E-state index in [4.69, 9.17) is 16.7 Å². The first-order valence-electron chi connectivity index (χ1n) is 9.72. The van der Waals surface area contributed by atoms with Gasteiger partial charge >= 0.3 is 0 Å². The quantitative estimate of drug-likeness (QED) is 0.502. The zero-order valence-electron chi connectivity index (χ0n) is 16.1. The lowest BCUT2D eigenvalue weighted by Crippen LogP contribution is -2.46. The van der Waals surface area contributed by atoms with Gasteiger partial charge in [-0.15, -0.1) is 15.3 Å². The highest BCUT2D eigenvalue weighted by molar-refractivity contribution is 6.30. The maximum atomic E-state index is 14.2. The van der Waals surface area contributed by atoms with Gasteiger partial charge in [-0.05, 0) is 36.4 Å². The fourth-order valence-corrected chi connectivity index (χ4v) is 3.73. The molecule has 9 heteroatoms. The van der Waals surface area contributed by atoms with E-state index >= 15 is 0 Å². The number of pyridine rings is 1. The van der Waals surface area contributed by atoms with Crippen LogP contribution >= 0.6 is 11.6 Å². The minimum atomic E-state index is -0.344. The van der Waals surface area contributed by atoms with Gasteiger partial charge in [0.15, 0.2) is 11.5 Å². The van der Waals surface area contributed by atoms with Crippen LogP contribution in [0.4, 0.5) is 10.2 Å². The number of nitrogens with zero attached hydrogens (tertiary/aromatic N) is 7. The number of fused-ring (bicyclic) bond motifs is 1. The Bertz CT molecular complexity index is 1170. The van der Waals surface area contributed by atoms with Crippen molar-refractivity contribution >= 4 is 23.1 Å².